The van der Waals surface area contributed by atoms with Crippen molar-refractivity contribution in [2.24, 2.45) is 5.92 Å². The first-order valence-corrected chi connectivity index (χ1v) is 6.27. The fraction of sp³-hybridized carbons (Fsp3) is 0.875. The zero-order valence-electron chi connectivity index (χ0n) is 8.46. The number of phosphoric ester groups is 1. The normalized spacial score (nSPS) is 27.4. The van der Waals surface area contributed by atoms with Gasteiger partial charge in [-0.25, -0.2) is 4.57 Å². The molecule has 1 aliphatic rings. The molecule has 0 amide bonds. The molecule has 7 heteroatoms. The van der Waals surface area contributed by atoms with Crippen molar-refractivity contribution in [2.75, 3.05) is 7.11 Å². The number of carbonyl (C=O) groups excluding carboxylic acids is 1. The molecule has 0 unspecified atom stereocenters. The third-order valence-electron chi connectivity index (χ3n) is 2.50. The predicted molar refractivity (Wildman–Crippen MR) is 50.9 cm³/mol. The van der Waals surface area contributed by atoms with Gasteiger partial charge in [0.1, 0.15) is 0 Å². The molecule has 1 saturated carbocycles. The average molecular weight is 238 g/mol. The lowest BCUT2D eigenvalue weighted by molar-refractivity contribution is -0.147. The maximum atomic E-state index is 11.1. The smallest absolute Gasteiger partial charge is 0.469 e. The molecule has 2 N–H and O–H groups in total. The molecule has 0 radical (unpaired) electrons. The van der Waals surface area contributed by atoms with Gasteiger partial charge in [0.05, 0.1) is 19.1 Å². The fourth-order valence-electron chi connectivity index (χ4n) is 1.76. The number of esters is 1. The summed E-state index contributed by atoms with van der Waals surface area (Å²) in [6.45, 7) is 0. The van der Waals surface area contributed by atoms with Gasteiger partial charge in [-0.15, -0.1) is 0 Å². The first-order chi connectivity index (χ1) is 6.92. The van der Waals surface area contributed by atoms with E-state index in [4.69, 9.17) is 9.79 Å². The molecule has 0 aromatic carbocycles. The lowest BCUT2D eigenvalue weighted by Gasteiger charge is -2.26. The fourth-order valence-corrected chi connectivity index (χ4v) is 2.36. The zero-order valence-corrected chi connectivity index (χ0v) is 9.35. The van der Waals surface area contributed by atoms with Crippen LogP contribution < -0.4 is 0 Å². The van der Waals surface area contributed by atoms with Crippen LogP contribution in [0.4, 0.5) is 0 Å². The van der Waals surface area contributed by atoms with E-state index in [-0.39, 0.29) is 11.9 Å². The molecule has 1 fully saturated rings. The lowest BCUT2D eigenvalue weighted by Crippen LogP contribution is -2.26. The summed E-state index contributed by atoms with van der Waals surface area (Å²) < 4.78 is 19.7. The van der Waals surface area contributed by atoms with Gasteiger partial charge in [-0.2, -0.15) is 0 Å². The Labute approximate surface area is 87.8 Å². The van der Waals surface area contributed by atoms with E-state index in [1.54, 1.807) is 0 Å². The van der Waals surface area contributed by atoms with Crippen LogP contribution in [-0.2, 0) is 18.6 Å². The Morgan fingerprint density at radius 1 is 1.27 bits per heavy atom. The average Bonchev–Trinajstić information content (AvgIpc) is 2.15. The van der Waals surface area contributed by atoms with E-state index < -0.39 is 13.9 Å². The van der Waals surface area contributed by atoms with Crippen molar-refractivity contribution in [3.05, 3.63) is 0 Å². The number of rotatable bonds is 3. The van der Waals surface area contributed by atoms with E-state index in [1.807, 2.05) is 0 Å². The maximum Gasteiger partial charge on any atom is 0.469 e. The highest BCUT2D eigenvalue weighted by Gasteiger charge is 2.30. The highest BCUT2D eigenvalue weighted by Crippen LogP contribution is 2.41. The second kappa shape index (κ2) is 5.07. The first-order valence-electron chi connectivity index (χ1n) is 4.74. The zero-order chi connectivity index (χ0) is 11.5. The van der Waals surface area contributed by atoms with Crippen molar-refractivity contribution in [3.63, 3.8) is 0 Å². The van der Waals surface area contributed by atoms with Crippen LogP contribution in [0.15, 0.2) is 0 Å². The first kappa shape index (κ1) is 12.6. The number of ether oxygens (including phenoxy) is 1. The summed E-state index contributed by atoms with van der Waals surface area (Å²) >= 11 is 0. The molecular weight excluding hydrogens is 223 g/mol. The third kappa shape index (κ3) is 4.30. The SMILES string of the molecule is COC(=O)C1CCC(OP(=O)(O)O)CC1. The molecular formula is C8H15O6P. The molecule has 0 aromatic heterocycles. The number of hydrogen-bond acceptors (Lipinski definition) is 4. The molecule has 88 valence electrons. The molecule has 0 bridgehead atoms. The highest BCUT2D eigenvalue weighted by atomic mass is 31.2. The molecule has 0 atom stereocenters. The summed E-state index contributed by atoms with van der Waals surface area (Å²) in [6, 6.07) is 0. The van der Waals surface area contributed by atoms with Gasteiger partial charge < -0.3 is 14.5 Å². The standard InChI is InChI=1S/C8H15O6P/c1-13-8(9)6-2-4-7(5-3-6)14-15(10,11)12/h6-7H,2-5H2,1H3,(H2,10,11,12). The van der Waals surface area contributed by atoms with Crippen LogP contribution in [0.25, 0.3) is 0 Å². The minimum Gasteiger partial charge on any atom is -0.469 e. The van der Waals surface area contributed by atoms with Gasteiger partial charge >= 0.3 is 13.8 Å². The Balaban J connectivity index is 2.36. The summed E-state index contributed by atoms with van der Waals surface area (Å²) in [5.74, 6) is -0.420. The Kier molecular flexibility index (Phi) is 4.28. The van der Waals surface area contributed by atoms with E-state index in [0.29, 0.717) is 25.7 Å². The minimum absolute atomic E-state index is 0.161. The van der Waals surface area contributed by atoms with Crippen molar-refractivity contribution in [1.82, 2.24) is 0 Å². The summed E-state index contributed by atoms with van der Waals surface area (Å²) in [7, 11) is -3.07. The van der Waals surface area contributed by atoms with Crippen molar-refractivity contribution in [1.29, 1.82) is 0 Å². The largest absolute Gasteiger partial charge is 0.469 e. The summed E-state index contributed by atoms with van der Waals surface area (Å²) in [6.07, 6.45) is 1.61. The van der Waals surface area contributed by atoms with Crippen LogP contribution >= 0.6 is 7.82 Å². The molecule has 0 heterocycles. The van der Waals surface area contributed by atoms with Gasteiger partial charge in [0.2, 0.25) is 0 Å². The predicted octanol–water partition coefficient (Wildman–Crippen LogP) is 0.827. The molecule has 0 saturated heterocycles. The van der Waals surface area contributed by atoms with Gasteiger partial charge in [-0.3, -0.25) is 9.32 Å². The van der Waals surface area contributed by atoms with Crippen molar-refractivity contribution in [2.45, 2.75) is 31.8 Å². The van der Waals surface area contributed by atoms with E-state index in [0.717, 1.165) is 0 Å². The second-order valence-electron chi connectivity index (χ2n) is 3.59. The van der Waals surface area contributed by atoms with E-state index in [9.17, 15) is 9.36 Å². The van der Waals surface area contributed by atoms with Crippen LogP contribution in [0, 0.1) is 5.92 Å². The maximum absolute atomic E-state index is 11.1. The Morgan fingerprint density at radius 3 is 2.20 bits per heavy atom. The van der Waals surface area contributed by atoms with Gasteiger partial charge in [-0.1, -0.05) is 0 Å². The number of phosphoric acid groups is 1. The number of methoxy groups -OCH3 is 1. The third-order valence-corrected chi connectivity index (χ3v) is 3.07. The number of carbonyl (C=O) groups is 1. The van der Waals surface area contributed by atoms with Crippen LogP contribution in [0.3, 0.4) is 0 Å². The molecule has 1 rings (SSSR count). The van der Waals surface area contributed by atoms with Crippen LogP contribution in [0.1, 0.15) is 25.7 Å². The van der Waals surface area contributed by atoms with Crippen LogP contribution in [0.2, 0.25) is 0 Å². The Bertz CT molecular complexity index is 264. The highest BCUT2D eigenvalue weighted by molar-refractivity contribution is 7.46. The van der Waals surface area contributed by atoms with Crippen molar-refractivity contribution in [3.8, 4) is 0 Å². The quantitative estimate of drug-likeness (QED) is 0.558. The molecule has 15 heavy (non-hydrogen) atoms. The molecule has 1 aliphatic carbocycles. The van der Waals surface area contributed by atoms with Gasteiger partial charge in [0, 0.05) is 0 Å². The lowest BCUT2D eigenvalue weighted by atomic mass is 9.88. The number of hydrogen-bond donors (Lipinski definition) is 2. The van der Waals surface area contributed by atoms with Crippen LogP contribution in [0.5, 0.6) is 0 Å². The second-order valence-corrected chi connectivity index (χ2v) is 4.78. The van der Waals surface area contributed by atoms with E-state index in [1.165, 1.54) is 7.11 Å². The van der Waals surface area contributed by atoms with Crippen molar-refractivity contribution >= 4 is 13.8 Å². The van der Waals surface area contributed by atoms with Gasteiger partial charge in [0.15, 0.2) is 0 Å². The van der Waals surface area contributed by atoms with E-state index in [2.05, 4.69) is 9.26 Å². The molecule has 0 aromatic rings. The topological polar surface area (TPSA) is 93.1 Å². The summed E-state index contributed by atoms with van der Waals surface area (Å²) in [5.41, 5.74) is 0. The minimum atomic E-state index is -4.40. The molecule has 6 nitrogen and oxygen atoms in total. The van der Waals surface area contributed by atoms with Crippen molar-refractivity contribution < 1.29 is 28.4 Å². The summed E-state index contributed by atoms with van der Waals surface area (Å²) in [5, 5.41) is 0. The van der Waals surface area contributed by atoms with Gasteiger partial charge in [-0.05, 0) is 25.7 Å². The summed E-state index contributed by atoms with van der Waals surface area (Å²) in [4.78, 5) is 28.3. The Hall–Kier alpha value is -0.420. The Morgan fingerprint density at radius 2 is 1.80 bits per heavy atom. The van der Waals surface area contributed by atoms with Gasteiger partial charge in [0.25, 0.3) is 0 Å². The molecule has 0 aliphatic heterocycles. The molecule has 0 spiro atoms. The monoisotopic (exact) mass is 238 g/mol. The van der Waals surface area contributed by atoms with Crippen LogP contribution in [-0.4, -0.2) is 29.0 Å². The van der Waals surface area contributed by atoms with E-state index >= 15 is 0 Å².